The summed E-state index contributed by atoms with van der Waals surface area (Å²) in [7, 11) is 1.41. The summed E-state index contributed by atoms with van der Waals surface area (Å²) >= 11 is 0. The summed E-state index contributed by atoms with van der Waals surface area (Å²) in [5.74, 6) is 1.15. The van der Waals surface area contributed by atoms with E-state index >= 15 is 0 Å². The van der Waals surface area contributed by atoms with Gasteiger partial charge in [-0.15, -0.1) is 0 Å². The van der Waals surface area contributed by atoms with Gasteiger partial charge < -0.3 is 10.1 Å². The van der Waals surface area contributed by atoms with E-state index in [-0.39, 0.29) is 12.0 Å². The first-order chi connectivity index (χ1) is 12.6. The van der Waals surface area contributed by atoms with E-state index < -0.39 is 0 Å². The Morgan fingerprint density at radius 1 is 1.15 bits per heavy atom. The molecule has 2 aromatic rings. The van der Waals surface area contributed by atoms with Crippen molar-refractivity contribution in [1.82, 2.24) is 0 Å². The molecule has 4 rings (SSSR count). The van der Waals surface area contributed by atoms with Crippen molar-refractivity contribution in [3.8, 4) is 0 Å². The Hall–Kier alpha value is -2.55. The average Bonchev–Trinajstić information content (AvgIpc) is 3.16. The molecule has 0 saturated heterocycles. The van der Waals surface area contributed by atoms with Gasteiger partial charge >= 0.3 is 5.97 Å². The first-order valence-corrected chi connectivity index (χ1v) is 9.34. The van der Waals surface area contributed by atoms with E-state index in [1.54, 1.807) is 0 Å². The highest BCUT2D eigenvalue weighted by Gasteiger charge is 2.38. The van der Waals surface area contributed by atoms with Gasteiger partial charge in [-0.2, -0.15) is 0 Å². The van der Waals surface area contributed by atoms with Crippen molar-refractivity contribution < 1.29 is 9.53 Å². The highest BCUT2D eigenvalue weighted by atomic mass is 16.5. The highest BCUT2D eigenvalue weighted by Crippen LogP contribution is 2.51. The summed E-state index contributed by atoms with van der Waals surface area (Å²) in [6.45, 7) is 4.49. The summed E-state index contributed by atoms with van der Waals surface area (Å²) in [6, 6.07) is 14.8. The number of rotatable bonds is 3. The topological polar surface area (TPSA) is 38.3 Å². The average molecular weight is 347 g/mol. The number of carbonyl (C=O) groups excluding carboxylic acids is 1. The molecule has 3 nitrogen and oxygen atoms in total. The molecule has 0 saturated carbocycles. The predicted molar refractivity (Wildman–Crippen MR) is 105 cm³/mol. The maximum Gasteiger partial charge on any atom is 0.337 e. The van der Waals surface area contributed by atoms with E-state index in [0.717, 1.165) is 6.42 Å². The molecule has 1 heterocycles. The summed E-state index contributed by atoms with van der Waals surface area (Å²) < 4.78 is 4.81. The summed E-state index contributed by atoms with van der Waals surface area (Å²) in [6.07, 6.45) is 5.75. The van der Waals surface area contributed by atoms with Gasteiger partial charge in [0.25, 0.3) is 0 Å². The number of esters is 1. The number of ether oxygens (including phenoxy) is 1. The number of benzene rings is 2. The molecule has 3 heteroatoms. The van der Waals surface area contributed by atoms with Crippen molar-refractivity contribution in [3.63, 3.8) is 0 Å². The number of nitrogens with one attached hydrogen (secondary N) is 1. The van der Waals surface area contributed by atoms with E-state index in [2.05, 4.69) is 61.6 Å². The van der Waals surface area contributed by atoms with Crippen LogP contribution in [0.5, 0.6) is 0 Å². The van der Waals surface area contributed by atoms with E-state index in [4.69, 9.17) is 4.74 Å². The molecule has 0 bridgehead atoms. The van der Waals surface area contributed by atoms with Crippen molar-refractivity contribution in [2.24, 2.45) is 5.92 Å². The number of allylic oxidation sites excluding steroid dienone is 2. The summed E-state index contributed by atoms with van der Waals surface area (Å²) in [5.41, 5.74) is 5.89. The normalized spacial score (nSPS) is 23.3. The molecule has 134 valence electrons. The van der Waals surface area contributed by atoms with Crippen molar-refractivity contribution in [2.45, 2.75) is 38.1 Å². The molecule has 0 unspecified atom stereocenters. The van der Waals surface area contributed by atoms with Gasteiger partial charge in [0, 0.05) is 11.6 Å². The zero-order valence-corrected chi connectivity index (χ0v) is 15.5. The zero-order chi connectivity index (χ0) is 18.3. The Labute approximate surface area is 155 Å². The van der Waals surface area contributed by atoms with Gasteiger partial charge in [0.05, 0.1) is 18.7 Å². The van der Waals surface area contributed by atoms with E-state index in [0.29, 0.717) is 23.3 Å². The summed E-state index contributed by atoms with van der Waals surface area (Å²) in [5, 5.41) is 3.84. The van der Waals surface area contributed by atoms with Gasteiger partial charge in [-0.25, -0.2) is 4.79 Å². The monoisotopic (exact) mass is 347 g/mol. The standard InChI is InChI=1S/C23H25NO2/c1-14(2)17-6-4-9-20-18-7-5-8-19(18)21(24-22(17)20)15-10-12-16(13-11-15)23(25)26-3/h4-7,9-14,18-19,21,24H,8H2,1-3H3/t18-,19-,21-/m0/s1. The maximum absolute atomic E-state index is 11.7. The second-order valence-corrected chi connectivity index (χ2v) is 7.56. The lowest BCUT2D eigenvalue weighted by atomic mass is 9.75. The lowest BCUT2D eigenvalue weighted by Crippen LogP contribution is -2.30. The fourth-order valence-corrected chi connectivity index (χ4v) is 4.40. The van der Waals surface area contributed by atoms with Crippen LogP contribution in [0.15, 0.2) is 54.6 Å². The lowest BCUT2D eigenvalue weighted by molar-refractivity contribution is 0.0600. The Balaban J connectivity index is 1.74. The quantitative estimate of drug-likeness (QED) is 0.595. The Kier molecular flexibility index (Phi) is 4.31. The molecule has 0 fully saturated rings. The largest absolute Gasteiger partial charge is 0.465 e. The minimum Gasteiger partial charge on any atom is -0.465 e. The number of carbonyl (C=O) groups is 1. The molecule has 0 aromatic heterocycles. The second kappa shape index (κ2) is 6.64. The molecule has 1 N–H and O–H groups in total. The summed E-state index contributed by atoms with van der Waals surface area (Å²) in [4.78, 5) is 11.7. The van der Waals surface area contributed by atoms with Crippen LogP contribution in [-0.4, -0.2) is 13.1 Å². The van der Waals surface area contributed by atoms with E-state index in [1.807, 2.05) is 12.1 Å². The minimum absolute atomic E-state index is 0.245. The molecule has 0 spiro atoms. The van der Waals surface area contributed by atoms with E-state index in [1.165, 1.54) is 29.5 Å². The van der Waals surface area contributed by atoms with Crippen molar-refractivity contribution in [1.29, 1.82) is 0 Å². The van der Waals surface area contributed by atoms with Crippen LogP contribution in [0, 0.1) is 5.92 Å². The number of para-hydroxylation sites is 1. The molecular formula is C23H25NO2. The lowest BCUT2D eigenvalue weighted by Gasteiger charge is -2.39. The SMILES string of the molecule is COC(=O)c1ccc([C@@H]2Nc3c(C(C)C)cccc3[C@H]3C=CC[C@@H]32)cc1. The Bertz CT molecular complexity index is 851. The fourth-order valence-electron chi connectivity index (χ4n) is 4.40. The zero-order valence-electron chi connectivity index (χ0n) is 15.5. The van der Waals surface area contributed by atoms with Crippen LogP contribution in [0.1, 0.15) is 65.2 Å². The van der Waals surface area contributed by atoms with Crippen LogP contribution in [0.25, 0.3) is 0 Å². The first-order valence-electron chi connectivity index (χ1n) is 9.34. The third-order valence-electron chi connectivity index (χ3n) is 5.74. The molecule has 1 aliphatic heterocycles. The number of methoxy groups -OCH3 is 1. The van der Waals surface area contributed by atoms with Crippen LogP contribution in [-0.2, 0) is 4.74 Å². The minimum atomic E-state index is -0.291. The number of anilines is 1. The number of hydrogen-bond donors (Lipinski definition) is 1. The van der Waals surface area contributed by atoms with Crippen LogP contribution in [0.2, 0.25) is 0 Å². The van der Waals surface area contributed by atoms with Crippen molar-refractivity contribution in [2.75, 3.05) is 12.4 Å². The predicted octanol–water partition coefficient (Wildman–Crippen LogP) is 5.42. The Morgan fingerprint density at radius 3 is 2.62 bits per heavy atom. The second-order valence-electron chi connectivity index (χ2n) is 7.56. The van der Waals surface area contributed by atoms with Crippen LogP contribution in [0.4, 0.5) is 5.69 Å². The fraction of sp³-hybridized carbons (Fsp3) is 0.348. The molecule has 1 aliphatic carbocycles. The molecule has 2 aromatic carbocycles. The van der Waals surface area contributed by atoms with Crippen molar-refractivity contribution in [3.05, 3.63) is 76.9 Å². The molecular weight excluding hydrogens is 322 g/mol. The number of fused-ring (bicyclic) bond motifs is 3. The smallest absolute Gasteiger partial charge is 0.337 e. The molecule has 0 amide bonds. The third-order valence-corrected chi connectivity index (χ3v) is 5.74. The Morgan fingerprint density at radius 2 is 1.92 bits per heavy atom. The van der Waals surface area contributed by atoms with Gasteiger partial charge in [0.1, 0.15) is 0 Å². The first kappa shape index (κ1) is 16.9. The molecule has 3 atom stereocenters. The maximum atomic E-state index is 11.7. The highest BCUT2D eigenvalue weighted by molar-refractivity contribution is 5.89. The van der Waals surface area contributed by atoms with Gasteiger partial charge in [0.15, 0.2) is 0 Å². The molecule has 2 aliphatic rings. The van der Waals surface area contributed by atoms with Gasteiger partial charge in [-0.1, -0.05) is 56.3 Å². The van der Waals surface area contributed by atoms with Gasteiger partial charge in [0.2, 0.25) is 0 Å². The van der Waals surface area contributed by atoms with Crippen LogP contribution >= 0.6 is 0 Å². The third kappa shape index (κ3) is 2.72. The molecule has 0 radical (unpaired) electrons. The van der Waals surface area contributed by atoms with Gasteiger partial charge in [-0.05, 0) is 47.1 Å². The number of hydrogen-bond acceptors (Lipinski definition) is 3. The molecule has 26 heavy (non-hydrogen) atoms. The van der Waals surface area contributed by atoms with E-state index in [9.17, 15) is 4.79 Å². The van der Waals surface area contributed by atoms with Crippen LogP contribution in [0.3, 0.4) is 0 Å². The van der Waals surface area contributed by atoms with Gasteiger partial charge in [-0.3, -0.25) is 0 Å². The van der Waals surface area contributed by atoms with Crippen LogP contribution < -0.4 is 5.32 Å². The van der Waals surface area contributed by atoms with Crippen molar-refractivity contribution >= 4 is 11.7 Å².